The molecule has 4 rings (SSSR count). The Balaban J connectivity index is 1.54. The van der Waals surface area contributed by atoms with Gasteiger partial charge in [-0.25, -0.2) is 14.2 Å². The van der Waals surface area contributed by atoms with Gasteiger partial charge in [-0.2, -0.15) is 0 Å². The van der Waals surface area contributed by atoms with Gasteiger partial charge in [0, 0.05) is 22.9 Å². The number of carbonyl (C=O) groups is 1. The molecule has 0 fully saturated rings. The van der Waals surface area contributed by atoms with Crippen molar-refractivity contribution >= 4 is 5.97 Å². The number of hydrogen-bond acceptors (Lipinski definition) is 6. The first kappa shape index (κ1) is 18.1. The second-order valence-electron chi connectivity index (χ2n) is 6.34. The zero-order chi connectivity index (χ0) is 19.5. The van der Waals surface area contributed by atoms with Crippen molar-refractivity contribution in [1.29, 1.82) is 0 Å². The highest BCUT2D eigenvalue weighted by Crippen LogP contribution is 2.36. The normalized spacial score (nSPS) is 15.4. The number of aromatic nitrogens is 2. The van der Waals surface area contributed by atoms with Gasteiger partial charge in [-0.15, -0.1) is 0 Å². The number of ether oxygens (including phenoxy) is 3. The first-order valence-corrected chi connectivity index (χ1v) is 8.70. The van der Waals surface area contributed by atoms with Crippen molar-refractivity contribution in [2.45, 2.75) is 26.4 Å². The van der Waals surface area contributed by atoms with Crippen LogP contribution >= 0.6 is 0 Å². The molecule has 1 aromatic heterocycles. The topological polar surface area (TPSA) is 70.5 Å². The predicted octanol–water partition coefficient (Wildman–Crippen LogP) is 3.89. The molecule has 3 aromatic rings. The lowest BCUT2D eigenvalue weighted by Crippen LogP contribution is -2.20. The van der Waals surface area contributed by atoms with Crippen molar-refractivity contribution in [2.75, 3.05) is 0 Å². The predicted molar refractivity (Wildman–Crippen MR) is 96.9 cm³/mol. The van der Waals surface area contributed by atoms with Gasteiger partial charge in [0.2, 0.25) is 6.29 Å². The molecule has 1 aliphatic rings. The highest BCUT2D eigenvalue weighted by molar-refractivity contribution is 5.86. The number of rotatable bonds is 4. The summed E-state index contributed by atoms with van der Waals surface area (Å²) in [6, 6.07) is 12.1. The molecule has 0 radical (unpaired) electrons. The van der Waals surface area contributed by atoms with Crippen LogP contribution in [-0.4, -0.2) is 15.9 Å². The van der Waals surface area contributed by atoms with Gasteiger partial charge in [0.25, 0.3) is 0 Å². The van der Waals surface area contributed by atoms with Gasteiger partial charge < -0.3 is 14.2 Å². The molecule has 0 bridgehead atoms. The summed E-state index contributed by atoms with van der Waals surface area (Å²) in [5, 5.41) is 0. The van der Waals surface area contributed by atoms with Crippen LogP contribution < -0.4 is 4.74 Å². The van der Waals surface area contributed by atoms with Crippen LogP contribution in [-0.2, 0) is 22.7 Å². The van der Waals surface area contributed by atoms with E-state index < -0.39 is 18.1 Å². The number of esters is 1. The van der Waals surface area contributed by atoms with E-state index in [-0.39, 0.29) is 18.9 Å². The number of carbonyl (C=O) groups excluding carboxylic acids is 1. The fourth-order valence-corrected chi connectivity index (χ4v) is 2.87. The second kappa shape index (κ2) is 7.74. The summed E-state index contributed by atoms with van der Waals surface area (Å²) in [6.45, 7) is 1.80. The fraction of sp³-hybridized carbons (Fsp3) is 0.190. The molecular formula is C21H17FN2O4. The molecule has 1 aliphatic heterocycles. The quantitative estimate of drug-likeness (QED) is 0.640. The molecule has 142 valence electrons. The van der Waals surface area contributed by atoms with Crippen LogP contribution in [0.15, 0.2) is 54.9 Å². The van der Waals surface area contributed by atoms with Crippen LogP contribution in [0.4, 0.5) is 4.39 Å². The number of benzene rings is 2. The third-order valence-corrected chi connectivity index (χ3v) is 4.24. The number of nitrogens with zero attached hydrogens (tertiary/aromatic N) is 2. The summed E-state index contributed by atoms with van der Waals surface area (Å²) in [5.74, 6) is -0.633. The molecule has 0 unspecified atom stereocenters. The van der Waals surface area contributed by atoms with E-state index in [0.717, 1.165) is 5.56 Å². The minimum atomic E-state index is -0.641. The van der Waals surface area contributed by atoms with E-state index in [9.17, 15) is 9.18 Å². The van der Waals surface area contributed by atoms with E-state index in [2.05, 4.69) is 9.97 Å². The van der Waals surface area contributed by atoms with Crippen LogP contribution in [0.25, 0.3) is 0 Å². The van der Waals surface area contributed by atoms with E-state index in [1.165, 1.54) is 24.5 Å². The summed E-state index contributed by atoms with van der Waals surface area (Å²) in [4.78, 5) is 20.2. The molecule has 6 nitrogen and oxygen atoms in total. The molecule has 2 heterocycles. The number of aryl methyl sites for hydroxylation is 1. The highest BCUT2D eigenvalue weighted by atomic mass is 19.1. The Morgan fingerprint density at radius 1 is 1.21 bits per heavy atom. The van der Waals surface area contributed by atoms with Gasteiger partial charge in [0.05, 0.1) is 18.5 Å². The minimum Gasteiger partial charge on any atom is -0.460 e. The summed E-state index contributed by atoms with van der Waals surface area (Å²) < 4.78 is 30.9. The third-order valence-electron chi connectivity index (χ3n) is 4.24. The molecule has 2 aromatic carbocycles. The van der Waals surface area contributed by atoms with Gasteiger partial charge in [-0.1, -0.05) is 30.3 Å². The maximum Gasteiger partial charge on any atom is 0.358 e. The minimum absolute atomic E-state index is 0.0854. The molecule has 0 aliphatic carbocycles. The maximum absolute atomic E-state index is 14.0. The van der Waals surface area contributed by atoms with E-state index in [4.69, 9.17) is 14.2 Å². The lowest BCUT2D eigenvalue weighted by molar-refractivity contribution is -0.112. The molecule has 0 saturated carbocycles. The molecule has 0 amide bonds. The van der Waals surface area contributed by atoms with Crippen LogP contribution in [0.2, 0.25) is 0 Å². The van der Waals surface area contributed by atoms with Crippen LogP contribution in [0, 0.1) is 12.7 Å². The van der Waals surface area contributed by atoms with Gasteiger partial charge in [0.15, 0.2) is 5.69 Å². The first-order chi connectivity index (χ1) is 13.6. The van der Waals surface area contributed by atoms with E-state index in [1.807, 2.05) is 30.3 Å². The standard InChI is InChI=1S/C21H17FN2O4/c1-13-9-24-18(10-23-13)20(25)26-11-15-7-17(22)8-16-12-27-21(28-19(15)16)14-5-3-2-4-6-14/h2-10,21H,11-12H2,1H3/t21-/m0/s1. The van der Waals surface area contributed by atoms with E-state index in [1.54, 1.807) is 6.92 Å². The van der Waals surface area contributed by atoms with Crippen molar-refractivity contribution in [3.8, 4) is 5.75 Å². The van der Waals surface area contributed by atoms with Gasteiger partial charge in [-0.3, -0.25) is 4.98 Å². The number of hydrogen-bond donors (Lipinski definition) is 0. The average molecular weight is 380 g/mol. The van der Waals surface area contributed by atoms with Crippen LogP contribution in [0.5, 0.6) is 5.75 Å². The number of fused-ring (bicyclic) bond motifs is 1. The third kappa shape index (κ3) is 3.84. The maximum atomic E-state index is 14.0. The Bertz CT molecular complexity index is 993. The Morgan fingerprint density at radius 3 is 2.79 bits per heavy atom. The van der Waals surface area contributed by atoms with Crippen molar-refractivity contribution in [2.24, 2.45) is 0 Å². The Hall–Kier alpha value is -3.32. The largest absolute Gasteiger partial charge is 0.460 e. The lowest BCUT2D eigenvalue weighted by Gasteiger charge is -2.28. The van der Waals surface area contributed by atoms with Crippen LogP contribution in [0.1, 0.15) is 39.2 Å². The Kier molecular flexibility index (Phi) is 4.99. The van der Waals surface area contributed by atoms with Crippen LogP contribution in [0.3, 0.4) is 0 Å². The molecule has 0 spiro atoms. The summed E-state index contributed by atoms with van der Waals surface area (Å²) >= 11 is 0. The summed E-state index contributed by atoms with van der Waals surface area (Å²) in [7, 11) is 0. The Labute approximate surface area is 160 Å². The monoisotopic (exact) mass is 380 g/mol. The summed E-state index contributed by atoms with van der Waals surface area (Å²) in [6.07, 6.45) is 2.21. The molecule has 0 saturated heterocycles. The van der Waals surface area contributed by atoms with Crippen molar-refractivity contribution in [1.82, 2.24) is 9.97 Å². The van der Waals surface area contributed by atoms with Crippen molar-refractivity contribution < 1.29 is 23.4 Å². The molecular weight excluding hydrogens is 363 g/mol. The molecule has 28 heavy (non-hydrogen) atoms. The van der Waals surface area contributed by atoms with Gasteiger partial charge in [0.1, 0.15) is 18.2 Å². The van der Waals surface area contributed by atoms with E-state index in [0.29, 0.717) is 22.6 Å². The fourth-order valence-electron chi connectivity index (χ4n) is 2.87. The SMILES string of the molecule is Cc1cnc(C(=O)OCc2cc(F)cc3c2O[C@@H](c2ccccc2)OC3)cn1. The molecule has 1 atom stereocenters. The molecule has 7 heteroatoms. The van der Waals surface area contributed by atoms with Crippen molar-refractivity contribution in [3.05, 3.63) is 88.8 Å². The average Bonchev–Trinajstić information content (AvgIpc) is 2.72. The second-order valence-corrected chi connectivity index (χ2v) is 6.34. The smallest absolute Gasteiger partial charge is 0.358 e. The Morgan fingerprint density at radius 2 is 2.04 bits per heavy atom. The van der Waals surface area contributed by atoms with Crippen molar-refractivity contribution in [3.63, 3.8) is 0 Å². The zero-order valence-corrected chi connectivity index (χ0v) is 15.1. The van der Waals surface area contributed by atoms with E-state index >= 15 is 0 Å². The zero-order valence-electron chi connectivity index (χ0n) is 15.1. The summed E-state index contributed by atoms with van der Waals surface area (Å²) in [5.41, 5.74) is 2.61. The van der Waals surface area contributed by atoms with Gasteiger partial charge in [-0.05, 0) is 19.1 Å². The molecule has 0 N–H and O–H groups in total. The number of halogens is 1. The highest BCUT2D eigenvalue weighted by Gasteiger charge is 2.25. The first-order valence-electron chi connectivity index (χ1n) is 8.70. The lowest BCUT2D eigenvalue weighted by atomic mass is 10.1. The van der Waals surface area contributed by atoms with Gasteiger partial charge >= 0.3 is 5.97 Å².